The SMILES string of the molecule is CCOc1ccc(CC(C(=O)O)c2ccc(OC)c(OC)c2)cc1OC. The number of methoxy groups -OCH3 is 3. The van der Waals surface area contributed by atoms with Crippen molar-refractivity contribution in [3.05, 3.63) is 47.5 Å². The van der Waals surface area contributed by atoms with Gasteiger partial charge in [-0.15, -0.1) is 0 Å². The van der Waals surface area contributed by atoms with Crippen molar-refractivity contribution >= 4 is 5.97 Å². The van der Waals surface area contributed by atoms with E-state index in [9.17, 15) is 9.90 Å². The monoisotopic (exact) mass is 360 g/mol. The van der Waals surface area contributed by atoms with E-state index in [0.717, 1.165) is 5.56 Å². The zero-order valence-electron chi connectivity index (χ0n) is 15.4. The molecule has 0 saturated carbocycles. The van der Waals surface area contributed by atoms with Gasteiger partial charge in [0.05, 0.1) is 33.9 Å². The summed E-state index contributed by atoms with van der Waals surface area (Å²) < 4.78 is 21.3. The fourth-order valence-corrected chi connectivity index (χ4v) is 2.77. The van der Waals surface area contributed by atoms with E-state index in [1.165, 1.54) is 7.11 Å². The van der Waals surface area contributed by atoms with Crippen molar-refractivity contribution in [1.29, 1.82) is 0 Å². The molecule has 0 bridgehead atoms. The molecule has 0 fully saturated rings. The number of aliphatic carboxylic acids is 1. The normalized spacial score (nSPS) is 11.5. The second-order valence-corrected chi connectivity index (χ2v) is 5.63. The van der Waals surface area contributed by atoms with Crippen LogP contribution in [0.2, 0.25) is 0 Å². The van der Waals surface area contributed by atoms with Gasteiger partial charge >= 0.3 is 5.97 Å². The number of carbonyl (C=O) groups is 1. The molecule has 26 heavy (non-hydrogen) atoms. The van der Waals surface area contributed by atoms with Gasteiger partial charge < -0.3 is 24.1 Å². The van der Waals surface area contributed by atoms with E-state index in [4.69, 9.17) is 18.9 Å². The van der Waals surface area contributed by atoms with Crippen LogP contribution in [-0.2, 0) is 11.2 Å². The van der Waals surface area contributed by atoms with Gasteiger partial charge in [0.2, 0.25) is 0 Å². The first-order valence-corrected chi connectivity index (χ1v) is 8.28. The maximum absolute atomic E-state index is 11.9. The lowest BCUT2D eigenvalue weighted by Crippen LogP contribution is -2.15. The van der Waals surface area contributed by atoms with Gasteiger partial charge in [0.1, 0.15) is 0 Å². The van der Waals surface area contributed by atoms with Crippen LogP contribution in [0, 0.1) is 0 Å². The topological polar surface area (TPSA) is 74.2 Å². The van der Waals surface area contributed by atoms with Crippen LogP contribution in [0.3, 0.4) is 0 Å². The summed E-state index contributed by atoms with van der Waals surface area (Å²) in [6.07, 6.45) is 0.313. The summed E-state index contributed by atoms with van der Waals surface area (Å²) in [5.74, 6) is 0.642. The molecule has 0 aliphatic rings. The highest BCUT2D eigenvalue weighted by Crippen LogP contribution is 2.34. The van der Waals surface area contributed by atoms with Gasteiger partial charge in [-0.3, -0.25) is 4.79 Å². The fourth-order valence-electron chi connectivity index (χ4n) is 2.77. The van der Waals surface area contributed by atoms with E-state index in [2.05, 4.69) is 0 Å². The van der Waals surface area contributed by atoms with Gasteiger partial charge in [-0.25, -0.2) is 0 Å². The number of carboxylic acid groups (broad SMARTS) is 1. The summed E-state index contributed by atoms with van der Waals surface area (Å²) >= 11 is 0. The Balaban J connectivity index is 2.33. The molecule has 1 unspecified atom stereocenters. The highest BCUT2D eigenvalue weighted by Gasteiger charge is 2.22. The Labute approximate surface area is 153 Å². The molecule has 0 heterocycles. The third kappa shape index (κ3) is 4.39. The summed E-state index contributed by atoms with van der Waals surface area (Å²) in [6.45, 7) is 2.42. The molecule has 2 aromatic rings. The minimum atomic E-state index is -0.912. The molecule has 0 spiro atoms. The summed E-state index contributed by atoms with van der Waals surface area (Å²) in [7, 11) is 4.62. The van der Waals surface area contributed by atoms with Crippen molar-refractivity contribution in [2.75, 3.05) is 27.9 Å². The average Bonchev–Trinajstić information content (AvgIpc) is 2.66. The van der Waals surface area contributed by atoms with E-state index >= 15 is 0 Å². The van der Waals surface area contributed by atoms with Crippen LogP contribution in [0.1, 0.15) is 24.0 Å². The van der Waals surface area contributed by atoms with Gasteiger partial charge in [-0.05, 0) is 48.7 Å². The lowest BCUT2D eigenvalue weighted by Gasteiger charge is -2.17. The first-order chi connectivity index (χ1) is 12.5. The smallest absolute Gasteiger partial charge is 0.311 e. The minimum Gasteiger partial charge on any atom is -0.493 e. The Morgan fingerprint density at radius 1 is 0.923 bits per heavy atom. The second-order valence-electron chi connectivity index (χ2n) is 5.63. The van der Waals surface area contributed by atoms with Crippen molar-refractivity contribution in [1.82, 2.24) is 0 Å². The lowest BCUT2D eigenvalue weighted by molar-refractivity contribution is -0.138. The number of rotatable bonds is 9. The largest absolute Gasteiger partial charge is 0.493 e. The quantitative estimate of drug-likeness (QED) is 0.737. The Bertz CT molecular complexity index is 756. The van der Waals surface area contributed by atoms with E-state index in [1.54, 1.807) is 38.5 Å². The predicted octanol–water partition coefficient (Wildman–Crippen LogP) is 3.52. The van der Waals surface area contributed by atoms with Gasteiger partial charge in [0.15, 0.2) is 23.0 Å². The highest BCUT2D eigenvalue weighted by molar-refractivity contribution is 5.77. The van der Waals surface area contributed by atoms with Crippen molar-refractivity contribution in [2.45, 2.75) is 19.3 Å². The van der Waals surface area contributed by atoms with Crippen molar-refractivity contribution in [3.63, 3.8) is 0 Å². The van der Waals surface area contributed by atoms with E-state index in [0.29, 0.717) is 41.6 Å². The van der Waals surface area contributed by atoms with Gasteiger partial charge in [-0.2, -0.15) is 0 Å². The zero-order chi connectivity index (χ0) is 19.1. The van der Waals surface area contributed by atoms with E-state index in [-0.39, 0.29) is 0 Å². The van der Waals surface area contributed by atoms with Gasteiger partial charge in [0, 0.05) is 0 Å². The standard InChI is InChI=1S/C20H24O6/c1-5-26-17-8-6-13(11-18(17)24-3)10-15(20(21)22)14-7-9-16(23-2)19(12-14)25-4/h6-9,11-12,15H,5,10H2,1-4H3,(H,21,22). The molecular formula is C20H24O6. The van der Waals surface area contributed by atoms with Crippen LogP contribution in [0.5, 0.6) is 23.0 Å². The molecule has 0 saturated heterocycles. The molecule has 6 heteroatoms. The number of carboxylic acids is 1. The van der Waals surface area contributed by atoms with Crippen molar-refractivity contribution in [3.8, 4) is 23.0 Å². The third-order valence-electron chi connectivity index (χ3n) is 4.08. The molecule has 140 valence electrons. The predicted molar refractivity (Wildman–Crippen MR) is 97.8 cm³/mol. The molecule has 2 rings (SSSR count). The van der Waals surface area contributed by atoms with Crippen molar-refractivity contribution < 1.29 is 28.8 Å². The fraction of sp³-hybridized carbons (Fsp3) is 0.350. The number of hydrogen-bond acceptors (Lipinski definition) is 5. The van der Waals surface area contributed by atoms with Crippen LogP contribution in [-0.4, -0.2) is 39.0 Å². The molecule has 0 aliphatic heterocycles. The third-order valence-corrected chi connectivity index (χ3v) is 4.08. The van der Waals surface area contributed by atoms with Crippen molar-refractivity contribution in [2.24, 2.45) is 0 Å². The van der Waals surface area contributed by atoms with Crippen LogP contribution >= 0.6 is 0 Å². The number of benzene rings is 2. The van der Waals surface area contributed by atoms with Gasteiger partial charge in [-0.1, -0.05) is 12.1 Å². The van der Waals surface area contributed by atoms with E-state index < -0.39 is 11.9 Å². The molecular weight excluding hydrogens is 336 g/mol. The molecule has 1 N–H and O–H groups in total. The Morgan fingerprint density at radius 2 is 1.54 bits per heavy atom. The molecule has 2 aromatic carbocycles. The summed E-state index contributed by atoms with van der Waals surface area (Å²) in [6, 6.07) is 10.6. The molecule has 1 atom stereocenters. The molecule has 0 radical (unpaired) electrons. The minimum absolute atomic E-state index is 0.313. The lowest BCUT2D eigenvalue weighted by atomic mass is 9.91. The Hall–Kier alpha value is -2.89. The molecule has 0 aromatic heterocycles. The Kier molecular flexibility index (Phi) is 6.72. The first-order valence-electron chi connectivity index (χ1n) is 8.28. The maximum atomic E-state index is 11.9. The maximum Gasteiger partial charge on any atom is 0.311 e. The van der Waals surface area contributed by atoms with E-state index in [1.807, 2.05) is 19.1 Å². The zero-order valence-corrected chi connectivity index (χ0v) is 15.4. The summed E-state index contributed by atoms with van der Waals surface area (Å²) in [4.78, 5) is 11.9. The number of ether oxygens (including phenoxy) is 4. The molecule has 0 aliphatic carbocycles. The highest BCUT2D eigenvalue weighted by atomic mass is 16.5. The molecule has 0 amide bonds. The van der Waals surface area contributed by atoms with Crippen LogP contribution in [0.15, 0.2) is 36.4 Å². The molecule has 6 nitrogen and oxygen atoms in total. The van der Waals surface area contributed by atoms with Crippen LogP contribution in [0.4, 0.5) is 0 Å². The number of hydrogen-bond donors (Lipinski definition) is 1. The van der Waals surface area contributed by atoms with Gasteiger partial charge in [0.25, 0.3) is 0 Å². The van der Waals surface area contributed by atoms with Crippen LogP contribution in [0.25, 0.3) is 0 Å². The summed E-state index contributed by atoms with van der Waals surface area (Å²) in [5, 5.41) is 9.72. The van der Waals surface area contributed by atoms with Crippen LogP contribution < -0.4 is 18.9 Å². The average molecular weight is 360 g/mol. The first kappa shape index (κ1) is 19.4. The Morgan fingerprint density at radius 3 is 2.12 bits per heavy atom. The second kappa shape index (κ2) is 8.99. The summed E-state index contributed by atoms with van der Waals surface area (Å²) in [5.41, 5.74) is 1.48.